The zero-order valence-corrected chi connectivity index (χ0v) is 14.2. The summed E-state index contributed by atoms with van der Waals surface area (Å²) in [6.45, 7) is 6.97. The van der Waals surface area contributed by atoms with Crippen molar-refractivity contribution >= 4 is 11.9 Å². The number of halogens is 1. The number of piperidine rings is 1. The summed E-state index contributed by atoms with van der Waals surface area (Å²) < 4.78 is 20.1. The number of amides is 1. The van der Waals surface area contributed by atoms with Gasteiger partial charge in [-0.25, -0.2) is 9.18 Å². The molecule has 0 aromatic carbocycles. The number of hydrogen-bond acceptors (Lipinski definition) is 4. The van der Waals surface area contributed by atoms with Gasteiger partial charge in [0, 0.05) is 19.9 Å². The van der Waals surface area contributed by atoms with Crippen molar-refractivity contribution in [3.05, 3.63) is 0 Å². The van der Waals surface area contributed by atoms with Crippen LogP contribution in [-0.4, -0.2) is 55.2 Å². The molecular formula is C16H29FN2O3. The number of alkyl halides is 1. The molecule has 1 fully saturated rings. The lowest BCUT2D eigenvalue weighted by Gasteiger charge is -2.36. The third-order valence-electron chi connectivity index (χ3n) is 4.13. The third-order valence-corrected chi connectivity index (χ3v) is 4.13. The van der Waals surface area contributed by atoms with E-state index in [1.165, 1.54) is 11.9 Å². The molecule has 1 aliphatic rings. The van der Waals surface area contributed by atoms with Gasteiger partial charge in [0.1, 0.15) is 6.04 Å². The highest BCUT2D eigenvalue weighted by atomic mass is 19.1. The Morgan fingerprint density at radius 2 is 1.91 bits per heavy atom. The molecule has 1 heterocycles. The van der Waals surface area contributed by atoms with Crippen molar-refractivity contribution in [2.45, 2.75) is 58.2 Å². The summed E-state index contributed by atoms with van der Waals surface area (Å²) in [7, 11) is 1.50. The van der Waals surface area contributed by atoms with E-state index in [9.17, 15) is 14.0 Å². The number of nitrogens with one attached hydrogen (secondary N) is 1. The third kappa shape index (κ3) is 4.66. The number of carbonyl (C=O) groups is 2. The number of rotatable bonds is 7. The van der Waals surface area contributed by atoms with Crippen LogP contribution in [0.5, 0.6) is 0 Å². The van der Waals surface area contributed by atoms with Gasteiger partial charge in [0.2, 0.25) is 0 Å². The Labute approximate surface area is 132 Å². The molecule has 6 heteroatoms. The topological polar surface area (TPSA) is 58.6 Å². The van der Waals surface area contributed by atoms with Gasteiger partial charge in [-0.3, -0.25) is 4.79 Å². The monoisotopic (exact) mass is 316 g/mol. The number of esters is 1. The number of hydrogen-bond donors (Lipinski definition) is 1. The van der Waals surface area contributed by atoms with Crippen molar-refractivity contribution in [1.82, 2.24) is 10.2 Å². The van der Waals surface area contributed by atoms with Crippen molar-refractivity contribution in [3.8, 4) is 0 Å². The minimum atomic E-state index is -1.88. The van der Waals surface area contributed by atoms with E-state index in [2.05, 4.69) is 5.32 Å². The summed E-state index contributed by atoms with van der Waals surface area (Å²) >= 11 is 0. The second-order valence-electron chi connectivity index (χ2n) is 6.34. The largest absolute Gasteiger partial charge is 0.464 e. The average molecular weight is 316 g/mol. The Morgan fingerprint density at radius 1 is 1.32 bits per heavy atom. The second-order valence-corrected chi connectivity index (χ2v) is 6.34. The van der Waals surface area contributed by atoms with E-state index >= 15 is 0 Å². The molecule has 1 N–H and O–H groups in total. The molecule has 128 valence electrons. The van der Waals surface area contributed by atoms with Gasteiger partial charge in [-0.15, -0.1) is 0 Å². The Morgan fingerprint density at radius 3 is 2.41 bits per heavy atom. The highest BCUT2D eigenvalue weighted by molar-refractivity contribution is 5.89. The lowest BCUT2D eigenvalue weighted by Crippen LogP contribution is -2.56. The molecule has 1 amide bonds. The maximum absolute atomic E-state index is 14.8. The number of unbranched alkanes of at least 4 members (excludes halogenated alkanes) is 1. The van der Waals surface area contributed by atoms with Crippen LogP contribution in [0.2, 0.25) is 0 Å². The van der Waals surface area contributed by atoms with Gasteiger partial charge in [-0.1, -0.05) is 27.2 Å². The standard InChI is InChI=1S/C16H29FN2O3/c1-5-6-11-22-14(20)13(12(2)3)19(4)15(21)16(17)7-9-18-10-8-16/h12-13,18H,5-11H2,1-4H3/t13-/m0/s1. The van der Waals surface area contributed by atoms with Gasteiger partial charge in [0.25, 0.3) is 5.91 Å². The number of nitrogens with zero attached hydrogens (tertiary/aromatic N) is 1. The van der Waals surface area contributed by atoms with E-state index in [1.807, 2.05) is 20.8 Å². The van der Waals surface area contributed by atoms with Gasteiger partial charge >= 0.3 is 5.97 Å². The minimum Gasteiger partial charge on any atom is -0.464 e. The van der Waals surface area contributed by atoms with Crippen LogP contribution in [0.15, 0.2) is 0 Å². The lowest BCUT2D eigenvalue weighted by molar-refractivity contribution is -0.161. The molecule has 0 radical (unpaired) electrons. The first kappa shape index (κ1) is 18.9. The van der Waals surface area contributed by atoms with E-state index < -0.39 is 23.6 Å². The van der Waals surface area contributed by atoms with Gasteiger partial charge in [0.05, 0.1) is 6.61 Å². The first-order valence-corrected chi connectivity index (χ1v) is 8.17. The maximum Gasteiger partial charge on any atom is 0.329 e. The fourth-order valence-corrected chi connectivity index (χ4v) is 2.76. The van der Waals surface area contributed by atoms with Crippen molar-refractivity contribution < 1.29 is 18.7 Å². The molecule has 0 aliphatic carbocycles. The van der Waals surface area contributed by atoms with Crippen LogP contribution in [-0.2, 0) is 14.3 Å². The van der Waals surface area contributed by atoms with Crippen LogP contribution in [0, 0.1) is 5.92 Å². The first-order chi connectivity index (χ1) is 10.3. The Bertz CT molecular complexity index is 382. The molecule has 0 spiro atoms. The van der Waals surface area contributed by atoms with Gasteiger partial charge < -0.3 is 15.0 Å². The molecule has 0 bridgehead atoms. The molecule has 5 nitrogen and oxygen atoms in total. The highest BCUT2D eigenvalue weighted by Crippen LogP contribution is 2.27. The fraction of sp³-hybridized carbons (Fsp3) is 0.875. The van der Waals surface area contributed by atoms with E-state index in [0.29, 0.717) is 19.7 Å². The van der Waals surface area contributed by atoms with Crippen molar-refractivity contribution in [1.29, 1.82) is 0 Å². The van der Waals surface area contributed by atoms with E-state index in [0.717, 1.165) is 12.8 Å². The number of carbonyl (C=O) groups excluding carboxylic acids is 2. The summed E-state index contributed by atoms with van der Waals surface area (Å²) in [5, 5.41) is 3.04. The zero-order valence-electron chi connectivity index (χ0n) is 14.2. The predicted octanol–water partition coefficient (Wildman–Crippen LogP) is 1.90. The molecule has 1 aliphatic heterocycles. The lowest BCUT2D eigenvalue weighted by atomic mass is 9.91. The smallest absolute Gasteiger partial charge is 0.329 e. The highest BCUT2D eigenvalue weighted by Gasteiger charge is 2.45. The Balaban J connectivity index is 2.77. The van der Waals surface area contributed by atoms with E-state index in [-0.39, 0.29) is 18.8 Å². The normalized spacial score (nSPS) is 18.8. The van der Waals surface area contributed by atoms with Crippen LogP contribution in [0.3, 0.4) is 0 Å². The van der Waals surface area contributed by atoms with Gasteiger partial charge in [0.15, 0.2) is 5.67 Å². The van der Waals surface area contributed by atoms with Crippen LogP contribution >= 0.6 is 0 Å². The summed E-state index contributed by atoms with van der Waals surface area (Å²) in [5.41, 5.74) is -1.88. The van der Waals surface area contributed by atoms with Crippen LogP contribution < -0.4 is 5.32 Å². The average Bonchev–Trinajstić information content (AvgIpc) is 2.47. The number of ether oxygens (including phenoxy) is 1. The molecule has 0 unspecified atom stereocenters. The SMILES string of the molecule is CCCCOC(=O)[C@H](C(C)C)N(C)C(=O)C1(F)CCNCC1. The van der Waals surface area contributed by atoms with Crippen molar-refractivity contribution in [2.75, 3.05) is 26.7 Å². The summed E-state index contributed by atoms with van der Waals surface area (Å²) in [4.78, 5) is 26.0. The van der Waals surface area contributed by atoms with Gasteiger partial charge in [-0.05, 0) is 25.4 Å². The fourth-order valence-electron chi connectivity index (χ4n) is 2.76. The van der Waals surface area contributed by atoms with Crippen LogP contribution in [0.4, 0.5) is 4.39 Å². The quantitative estimate of drug-likeness (QED) is 0.576. The molecule has 0 aromatic rings. The molecule has 1 saturated heterocycles. The van der Waals surface area contributed by atoms with Gasteiger partial charge in [-0.2, -0.15) is 0 Å². The van der Waals surface area contributed by atoms with E-state index in [1.54, 1.807) is 0 Å². The molecule has 22 heavy (non-hydrogen) atoms. The van der Waals surface area contributed by atoms with E-state index in [4.69, 9.17) is 4.74 Å². The Kier molecular flexibility index (Phi) is 7.26. The predicted molar refractivity (Wildman–Crippen MR) is 83.2 cm³/mol. The molecular weight excluding hydrogens is 287 g/mol. The molecule has 1 rings (SSSR count). The van der Waals surface area contributed by atoms with Crippen molar-refractivity contribution in [2.24, 2.45) is 5.92 Å². The molecule has 0 aromatic heterocycles. The first-order valence-electron chi connectivity index (χ1n) is 8.17. The maximum atomic E-state index is 14.8. The summed E-state index contributed by atoms with van der Waals surface area (Å²) in [6.07, 6.45) is 2.00. The minimum absolute atomic E-state index is 0.131. The van der Waals surface area contributed by atoms with Crippen LogP contribution in [0.25, 0.3) is 0 Å². The Hall–Kier alpha value is -1.17. The van der Waals surface area contributed by atoms with Crippen LogP contribution in [0.1, 0.15) is 46.5 Å². The summed E-state index contributed by atoms with van der Waals surface area (Å²) in [6, 6.07) is -0.744. The molecule has 1 atom stereocenters. The zero-order chi connectivity index (χ0) is 16.8. The summed E-state index contributed by atoms with van der Waals surface area (Å²) in [5.74, 6) is -1.19. The number of likely N-dealkylation sites (N-methyl/N-ethyl adjacent to an activating group) is 1. The second kappa shape index (κ2) is 8.46. The van der Waals surface area contributed by atoms with Crippen molar-refractivity contribution in [3.63, 3.8) is 0 Å². The molecule has 0 saturated carbocycles.